The van der Waals surface area contributed by atoms with Crippen molar-refractivity contribution in [2.45, 2.75) is 33.1 Å². The minimum Gasteiger partial charge on any atom is -0.493 e. The molecule has 0 amide bonds. The fourth-order valence-corrected chi connectivity index (χ4v) is 3.90. The van der Waals surface area contributed by atoms with Gasteiger partial charge in [0.25, 0.3) is 0 Å². The molecule has 0 spiro atoms. The zero-order valence-electron chi connectivity index (χ0n) is 20.7. The van der Waals surface area contributed by atoms with Crippen molar-refractivity contribution in [3.8, 4) is 23.0 Å². The Bertz CT molecular complexity index is 1330. The van der Waals surface area contributed by atoms with Gasteiger partial charge in [0.2, 0.25) is 5.78 Å². The molecule has 35 heavy (non-hydrogen) atoms. The van der Waals surface area contributed by atoms with Crippen LogP contribution in [0.15, 0.2) is 60.4 Å². The molecule has 0 bridgehead atoms. The van der Waals surface area contributed by atoms with E-state index in [0.717, 1.165) is 11.1 Å². The molecule has 0 aromatic heterocycles. The van der Waals surface area contributed by atoms with Crippen molar-refractivity contribution in [1.29, 1.82) is 0 Å². The first kappa shape index (κ1) is 24.1. The molecule has 6 nitrogen and oxygen atoms in total. The van der Waals surface area contributed by atoms with E-state index in [2.05, 4.69) is 20.8 Å². The third-order valence-corrected chi connectivity index (χ3v) is 5.85. The van der Waals surface area contributed by atoms with E-state index in [1.807, 2.05) is 12.1 Å². The van der Waals surface area contributed by atoms with Crippen molar-refractivity contribution in [2.24, 2.45) is 0 Å². The van der Waals surface area contributed by atoms with Crippen molar-refractivity contribution >= 4 is 17.8 Å². The number of fused-ring (bicyclic) bond motifs is 1. The van der Waals surface area contributed by atoms with E-state index in [1.54, 1.807) is 69.7 Å². The minimum atomic E-state index is -0.477. The highest BCUT2D eigenvalue weighted by molar-refractivity contribution is 6.15. The summed E-state index contributed by atoms with van der Waals surface area (Å²) in [5.74, 6) is 1.27. The highest BCUT2D eigenvalue weighted by Crippen LogP contribution is 2.38. The lowest BCUT2D eigenvalue weighted by Gasteiger charge is -2.18. The zero-order valence-corrected chi connectivity index (χ0v) is 20.7. The summed E-state index contributed by atoms with van der Waals surface area (Å²) in [6.07, 6.45) is 1.65. The monoisotopic (exact) mass is 472 g/mol. The van der Waals surface area contributed by atoms with Crippen molar-refractivity contribution in [2.75, 3.05) is 14.2 Å². The van der Waals surface area contributed by atoms with E-state index in [4.69, 9.17) is 18.9 Å². The predicted octanol–water partition coefficient (Wildman–Crippen LogP) is 6.15. The van der Waals surface area contributed by atoms with Gasteiger partial charge in [0.05, 0.1) is 25.3 Å². The van der Waals surface area contributed by atoms with E-state index < -0.39 is 5.97 Å². The number of ether oxygens (including phenoxy) is 4. The second-order valence-electron chi connectivity index (χ2n) is 9.38. The van der Waals surface area contributed by atoms with Crippen molar-refractivity contribution in [3.05, 3.63) is 88.2 Å². The van der Waals surface area contributed by atoms with Crippen LogP contribution in [0.5, 0.6) is 23.0 Å². The van der Waals surface area contributed by atoms with E-state index in [9.17, 15) is 9.59 Å². The normalized spacial score (nSPS) is 13.9. The van der Waals surface area contributed by atoms with Crippen LogP contribution in [-0.4, -0.2) is 26.0 Å². The molecule has 1 heterocycles. The standard InChI is InChI=1S/C29H28O6/c1-17-13-21(34-28(31)19-8-10-20(11-9-19)29(2,3)4)16-24-26(17)27(30)25(35-24)15-18-7-12-22(32-5)23(14-18)33-6/h7-16H,1-6H3/b25-15-. The summed E-state index contributed by atoms with van der Waals surface area (Å²) in [6.45, 7) is 8.13. The van der Waals surface area contributed by atoms with Crippen molar-refractivity contribution in [3.63, 3.8) is 0 Å². The molecule has 0 saturated carbocycles. The number of Topliss-reactive ketones (excluding diaryl/α,β-unsaturated/α-hetero) is 1. The molecule has 180 valence electrons. The minimum absolute atomic E-state index is 0.00835. The summed E-state index contributed by atoms with van der Waals surface area (Å²) in [4.78, 5) is 25.7. The maximum atomic E-state index is 13.0. The average Bonchev–Trinajstić information content (AvgIpc) is 3.13. The molecule has 4 rings (SSSR count). The Labute approximate surface area is 205 Å². The number of benzene rings is 3. The molecule has 0 saturated heterocycles. The smallest absolute Gasteiger partial charge is 0.343 e. The summed E-state index contributed by atoms with van der Waals surface area (Å²) in [5.41, 5.74) is 3.40. The van der Waals surface area contributed by atoms with Gasteiger partial charge in [0, 0.05) is 6.07 Å². The topological polar surface area (TPSA) is 71.1 Å². The van der Waals surface area contributed by atoms with Crippen molar-refractivity contribution in [1.82, 2.24) is 0 Å². The van der Waals surface area contributed by atoms with Gasteiger partial charge in [0.1, 0.15) is 11.5 Å². The lowest BCUT2D eigenvalue weighted by molar-refractivity contribution is 0.0734. The summed E-state index contributed by atoms with van der Waals surface area (Å²) in [6, 6.07) is 15.9. The number of carbonyl (C=O) groups excluding carboxylic acids is 2. The largest absolute Gasteiger partial charge is 0.493 e. The molecular formula is C29H28O6. The maximum absolute atomic E-state index is 13.0. The predicted molar refractivity (Wildman–Crippen MR) is 134 cm³/mol. The van der Waals surface area contributed by atoms with Gasteiger partial charge in [-0.1, -0.05) is 39.0 Å². The molecule has 0 aliphatic carbocycles. The number of hydrogen-bond acceptors (Lipinski definition) is 6. The van der Waals surface area contributed by atoms with Gasteiger partial charge in [-0.05, 0) is 65.4 Å². The lowest BCUT2D eigenvalue weighted by Crippen LogP contribution is -2.13. The molecule has 0 fully saturated rings. The average molecular weight is 473 g/mol. The number of allylic oxidation sites excluding steroid dienone is 1. The number of rotatable bonds is 5. The van der Waals surface area contributed by atoms with E-state index in [-0.39, 0.29) is 17.0 Å². The molecule has 0 unspecified atom stereocenters. The lowest BCUT2D eigenvalue weighted by atomic mass is 9.87. The van der Waals surface area contributed by atoms with E-state index in [1.165, 1.54) is 0 Å². The molecule has 3 aromatic rings. The number of carbonyl (C=O) groups is 2. The Morgan fingerprint density at radius 2 is 1.60 bits per heavy atom. The van der Waals surface area contributed by atoms with Gasteiger partial charge >= 0.3 is 5.97 Å². The highest BCUT2D eigenvalue weighted by Gasteiger charge is 2.30. The Morgan fingerprint density at radius 1 is 0.914 bits per heavy atom. The molecule has 3 aromatic carbocycles. The van der Waals surface area contributed by atoms with Crippen LogP contribution in [0, 0.1) is 6.92 Å². The molecule has 0 atom stereocenters. The summed E-state index contributed by atoms with van der Waals surface area (Å²) in [5, 5.41) is 0. The van der Waals surface area contributed by atoms with E-state index >= 15 is 0 Å². The first-order valence-electron chi connectivity index (χ1n) is 11.2. The van der Waals surface area contributed by atoms with Crippen LogP contribution >= 0.6 is 0 Å². The van der Waals surface area contributed by atoms with E-state index in [0.29, 0.717) is 39.7 Å². The third-order valence-electron chi connectivity index (χ3n) is 5.85. The number of ketones is 1. The summed E-state index contributed by atoms with van der Waals surface area (Å²) < 4.78 is 22.1. The second kappa shape index (κ2) is 9.29. The highest BCUT2D eigenvalue weighted by atomic mass is 16.5. The van der Waals surface area contributed by atoms with Gasteiger partial charge < -0.3 is 18.9 Å². The van der Waals surface area contributed by atoms with Crippen LogP contribution in [0.25, 0.3) is 6.08 Å². The fraction of sp³-hybridized carbons (Fsp3) is 0.241. The quantitative estimate of drug-likeness (QED) is 0.252. The summed E-state index contributed by atoms with van der Waals surface area (Å²) >= 11 is 0. The SMILES string of the molecule is COc1ccc(/C=C2\Oc3cc(OC(=O)c4ccc(C(C)(C)C)cc4)cc(C)c3C2=O)cc1OC. The Hall–Kier alpha value is -4.06. The number of esters is 1. The van der Waals surface area contributed by atoms with Crippen LogP contribution in [0.1, 0.15) is 58.2 Å². The second-order valence-corrected chi connectivity index (χ2v) is 9.38. The fourth-order valence-electron chi connectivity index (χ4n) is 3.90. The van der Waals surface area contributed by atoms with Gasteiger partial charge in [-0.3, -0.25) is 4.79 Å². The summed E-state index contributed by atoms with van der Waals surface area (Å²) in [7, 11) is 3.11. The van der Waals surface area contributed by atoms with Crippen molar-refractivity contribution < 1.29 is 28.5 Å². The Morgan fingerprint density at radius 3 is 2.23 bits per heavy atom. The van der Waals surface area contributed by atoms with Gasteiger partial charge in [-0.2, -0.15) is 0 Å². The van der Waals surface area contributed by atoms with Crippen LogP contribution in [0.4, 0.5) is 0 Å². The van der Waals surface area contributed by atoms with Crippen LogP contribution in [0.3, 0.4) is 0 Å². The maximum Gasteiger partial charge on any atom is 0.343 e. The van der Waals surface area contributed by atoms with Gasteiger partial charge in [-0.15, -0.1) is 0 Å². The Kier molecular flexibility index (Phi) is 6.39. The zero-order chi connectivity index (χ0) is 25.3. The van der Waals surface area contributed by atoms with Crippen LogP contribution in [0.2, 0.25) is 0 Å². The molecule has 1 aliphatic heterocycles. The molecular weight excluding hydrogens is 444 g/mol. The molecule has 6 heteroatoms. The van der Waals surface area contributed by atoms with Crippen LogP contribution in [-0.2, 0) is 5.41 Å². The Balaban J connectivity index is 1.56. The van der Waals surface area contributed by atoms with Crippen LogP contribution < -0.4 is 18.9 Å². The number of aryl methyl sites for hydroxylation is 1. The molecule has 0 N–H and O–H groups in total. The first-order chi connectivity index (χ1) is 16.6. The van der Waals surface area contributed by atoms with Gasteiger partial charge in [-0.25, -0.2) is 4.79 Å². The third kappa shape index (κ3) is 4.92. The first-order valence-corrected chi connectivity index (χ1v) is 11.2. The number of hydrogen-bond donors (Lipinski definition) is 0. The van der Waals surface area contributed by atoms with Gasteiger partial charge in [0.15, 0.2) is 17.3 Å². The molecule has 0 radical (unpaired) electrons. The molecule has 1 aliphatic rings. The number of methoxy groups -OCH3 is 2.